The third kappa shape index (κ3) is 4.11. The van der Waals surface area contributed by atoms with Gasteiger partial charge in [0.05, 0.1) is 0 Å². The van der Waals surface area contributed by atoms with Gasteiger partial charge in [-0.2, -0.15) is 4.98 Å². The number of aryl methyl sites for hydroxylation is 1. The van der Waals surface area contributed by atoms with Crippen LogP contribution < -0.4 is 15.1 Å². The molecule has 0 unspecified atom stereocenters. The smallest absolute Gasteiger partial charge is 0.229 e. The highest BCUT2D eigenvalue weighted by molar-refractivity contribution is 6.30. The lowest BCUT2D eigenvalue weighted by Crippen LogP contribution is -2.47. The van der Waals surface area contributed by atoms with Crippen LogP contribution in [0.5, 0.6) is 0 Å². The number of hydrogen-bond acceptors (Lipinski definition) is 6. The zero-order valence-corrected chi connectivity index (χ0v) is 15.9. The number of piperazine rings is 1. The molecule has 1 aromatic carbocycles. The number of aromatic nitrogens is 3. The average Bonchev–Trinajstić information content (AvgIpc) is 2.71. The molecule has 1 fully saturated rings. The fraction of sp³-hybridized carbons (Fsp3) is 0.250. The van der Waals surface area contributed by atoms with E-state index < -0.39 is 0 Å². The molecule has 3 aromatic rings. The summed E-state index contributed by atoms with van der Waals surface area (Å²) in [7, 11) is 0. The number of benzene rings is 1. The maximum atomic E-state index is 6.03. The quantitative estimate of drug-likeness (QED) is 0.740. The molecule has 1 aliphatic heterocycles. The van der Waals surface area contributed by atoms with Gasteiger partial charge in [0.1, 0.15) is 11.6 Å². The van der Waals surface area contributed by atoms with Crippen molar-refractivity contribution in [2.45, 2.75) is 6.92 Å². The first-order valence-corrected chi connectivity index (χ1v) is 9.34. The Bertz CT molecular complexity index is 909. The zero-order chi connectivity index (χ0) is 18.6. The fourth-order valence-corrected chi connectivity index (χ4v) is 3.41. The number of rotatable bonds is 4. The molecular weight excluding hydrogens is 360 g/mol. The number of hydrogen-bond donors (Lipinski definition) is 1. The highest BCUT2D eigenvalue weighted by Gasteiger charge is 2.19. The normalized spacial score (nSPS) is 14.3. The number of nitrogens with one attached hydrogen (secondary N) is 1. The molecule has 0 bridgehead atoms. The minimum Gasteiger partial charge on any atom is -0.353 e. The van der Waals surface area contributed by atoms with Crippen LogP contribution in [0.4, 0.5) is 23.3 Å². The van der Waals surface area contributed by atoms with E-state index in [1.165, 1.54) is 0 Å². The maximum absolute atomic E-state index is 6.03. The Morgan fingerprint density at radius 3 is 2.37 bits per heavy atom. The summed E-state index contributed by atoms with van der Waals surface area (Å²) < 4.78 is 0. The van der Waals surface area contributed by atoms with E-state index in [1.807, 2.05) is 49.5 Å². The molecule has 1 aliphatic rings. The summed E-state index contributed by atoms with van der Waals surface area (Å²) in [5.74, 6) is 2.55. The van der Waals surface area contributed by atoms with Crippen LogP contribution in [0.15, 0.2) is 54.9 Å². The zero-order valence-electron chi connectivity index (χ0n) is 15.1. The lowest BCUT2D eigenvalue weighted by molar-refractivity contribution is 0.641. The van der Waals surface area contributed by atoms with Crippen LogP contribution in [0.1, 0.15) is 5.56 Å². The summed E-state index contributed by atoms with van der Waals surface area (Å²) in [6, 6.07) is 13.7. The Labute approximate surface area is 163 Å². The van der Waals surface area contributed by atoms with Crippen molar-refractivity contribution >= 4 is 34.9 Å². The highest BCUT2D eigenvalue weighted by atomic mass is 35.5. The molecule has 0 atom stereocenters. The molecule has 1 N–H and O–H groups in total. The second-order valence-corrected chi connectivity index (χ2v) is 6.92. The predicted molar refractivity (Wildman–Crippen MR) is 110 cm³/mol. The molecule has 1 saturated heterocycles. The Morgan fingerprint density at radius 2 is 1.67 bits per heavy atom. The number of halogens is 1. The van der Waals surface area contributed by atoms with E-state index in [-0.39, 0.29) is 0 Å². The lowest BCUT2D eigenvalue weighted by atomic mass is 10.2. The van der Waals surface area contributed by atoms with Gasteiger partial charge in [0.25, 0.3) is 0 Å². The minimum absolute atomic E-state index is 0.588. The molecule has 4 rings (SSSR count). The molecule has 0 radical (unpaired) electrons. The van der Waals surface area contributed by atoms with Crippen molar-refractivity contribution in [1.82, 2.24) is 15.0 Å². The van der Waals surface area contributed by atoms with Gasteiger partial charge in [0.15, 0.2) is 0 Å². The fourth-order valence-electron chi connectivity index (χ4n) is 3.18. The van der Waals surface area contributed by atoms with Crippen LogP contribution in [0.2, 0.25) is 5.02 Å². The van der Waals surface area contributed by atoms with Crippen molar-refractivity contribution in [1.29, 1.82) is 0 Å². The topological polar surface area (TPSA) is 57.2 Å². The summed E-state index contributed by atoms with van der Waals surface area (Å²) in [6.45, 7) is 5.63. The highest BCUT2D eigenvalue weighted by Crippen LogP contribution is 2.23. The summed E-state index contributed by atoms with van der Waals surface area (Å²) in [5, 5.41) is 4.01. The van der Waals surface area contributed by atoms with Crippen molar-refractivity contribution in [2.24, 2.45) is 0 Å². The van der Waals surface area contributed by atoms with Gasteiger partial charge in [0.2, 0.25) is 5.95 Å². The predicted octanol–water partition coefficient (Wildman–Crippen LogP) is 3.90. The van der Waals surface area contributed by atoms with Crippen LogP contribution in [0.3, 0.4) is 0 Å². The van der Waals surface area contributed by atoms with Crippen molar-refractivity contribution in [3.8, 4) is 0 Å². The summed E-state index contributed by atoms with van der Waals surface area (Å²) in [5.41, 5.74) is 2.01. The molecule has 0 saturated carbocycles. The standard InChI is InChI=1S/C20H21ClN6/c1-15-14-16(21)5-6-17(15)24-20-23-9-7-19(25-20)27-12-10-26(11-13-27)18-4-2-3-8-22-18/h2-9,14H,10-13H2,1H3,(H,23,24,25). The molecular formula is C20H21ClN6. The van der Waals surface area contributed by atoms with E-state index >= 15 is 0 Å². The van der Waals surface area contributed by atoms with E-state index in [0.29, 0.717) is 5.95 Å². The van der Waals surface area contributed by atoms with Gasteiger partial charge in [-0.25, -0.2) is 9.97 Å². The van der Waals surface area contributed by atoms with Crippen LogP contribution in [0, 0.1) is 6.92 Å². The number of nitrogens with zero attached hydrogens (tertiary/aromatic N) is 5. The molecule has 138 valence electrons. The van der Waals surface area contributed by atoms with E-state index in [9.17, 15) is 0 Å². The SMILES string of the molecule is Cc1cc(Cl)ccc1Nc1nccc(N2CCN(c3ccccn3)CC2)n1. The maximum Gasteiger partial charge on any atom is 0.229 e. The summed E-state index contributed by atoms with van der Waals surface area (Å²) in [6.07, 6.45) is 3.63. The van der Waals surface area contributed by atoms with E-state index in [2.05, 4.69) is 36.1 Å². The third-order valence-corrected chi connectivity index (χ3v) is 4.89. The van der Waals surface area contributed by atoms with Crippen LogP contribution in [-0.4, -0.2) is 41.1 Å². The van der Waals surface area contributed by atoms with Crippen molar-refractivity contribution in [3.63, 3.8) is 0 Å². The van der Waals surface area contributed by atoms with E-state index in [0.717, 1.165) is 54.1 Å². The van der Waals surface area contributed by atoms with Gasteiger partial charge in [0, 0.05) is 49.3 Å². The van der Waals surface area contributed by atoms with E-state index in [1.54, 1.807) is 6.20 Å². The molecule has 2 aromatic heterocycles. The largest absolute Gasteiger partial charge is 0.353 e. The second-order valence-electron chi connectivity index (χ2n) is 6.48. The van der Waals surface area contributed by atoms with Crippen LogP contribution in [-0.2, 0) is 0 Å². The van der Waals surface area contributed by atoms with Gasteiger partial charge in [-0.1, -0.05) is 17.7 Å². The average molecular weight is 381 g/mol. The molecule has 6 nitrogen and oxygen atoms in total. The third-order valence-electron chi connectivity index (χ3n) is 4.65. The monoisotopic (exact) mass is 380 g/mol. The van der Waals surface area contributed by atoms with Gasteiger partial charge >= 0.3 is 0 Å². The van der Waals surface area contributed by atoms with Crippen molar-refractivity contribution < 1.29 is 0 Å². The Hall–Kier alpha value is -2.86. The Morgan fingerprint density at radius 1 is 0.889 bits per heavy atom. The van der Waals surface area contributed by atoms with Gasteiger partial charge in [-0.15, -0.1) is 0 Å². The molecule has 3 heterocycles. The molecule has 0 aliphatic carbocycles. The molecule has 7 heteroatoms. The van der Waals surface area contributed by atoms with Gasteiger partial charge in [-0.05, 0) is 48.9 Å². The molecule has 0 spiro atoms. The number of anilines is 4. The first kappa shape index (κ1) is 17.5. The van der Waals surface area contributed by atoms with Gasteiger partial charge in [-0.3, -0.25) is 0 Å². The molecule has 0 amide bonds. The second kappa shape index (κ2) is 7.80. The summed E-state index contributed by atoms with van der Waals surface area (Å²) >= 11 is 6.03. The van der Waals surface area contributed by atoms with E-state index in [4.69, 9.17) is 11.6 Å². The Balaban J connectivity index is 1.44. The lowest BCUT2D eigenvalue weighted by Gasteiger charge is -2.36. The van der Waals surface area contributed by atoms with Crippen LogP contribution >= 0.6 is 11.6 Å². The first-order chi connectivity index (χ1) is 13.2. The number of pyridine rings is 1. The Kier molecular flexibility index (Phi) is 5.07. The van der Waals surface area contributed by atoms with Gasteiger partial charge < -0.3 is 15.1 Å². The summed E-state index contributed by atoms with van der Waals surface area (Å²) in [4.78, 5) is 18.1. The van der Waals surface area contributed by atoms with Crippen molar-refractivity contribution in [2.75, 3.05) is 41.3 Å². The van der Waals surface area contributed by atoms with Crippen LogP contribution in [0.25, 0.3) is 0 Å². The van der Waals surface area contributed by atoms with Crippen molar-refractivity contribution in [3.05, 3.63) is 65.4 Å². The minimum atomic E-state index is 0.588. The first-order valence-electron chi connectivity index (χ1n) is 8.96. The molecule has 27 heavy (non-hydrogen) atoms.